The normalized spacial score (nSPS) is 9.80. The summed E-state index contributed by atoms with van der Waals surface area (Å²) in [7, 11) is 0. The number of hydrogen-bond donors (Lipinski definition) is 3. The van der Waals surface area contributed by atoms with Crippen molar-refractivity contribution < 1.29 is 29.4 Å². The molecule has 0 spiro atoms. The molecule has 0 aromatic heterocycles. The van der Waals surface area contributed by atoms with Gasteiger partial charge in [0, 0.05) is 17.7 Å². The van der Waals surface area contributed by atoms with Crippen molar-refractivity contribution in [1.29, 1.82) is 0 Å². The molecule has 1 rings (SSSR count). The zero-order valence-electron chi connectivity index (χ0n) is 10.5. The number of rotatable bonds is 7. The van der Waals surface area contributed by atoms with Crippen LogP contribution in [0.1, 0.15) is 29.6 Å². The quantitative estimate of drug-likeness (QED) is 0.508. The molecule has 0 saturated carbocycles. The van der Waals surface area contributed by atoms with Gasteiger partial charge in [0.15, 0.2) is 5.78 Å². The monoisotopic (exact) mass is 279 g/mol. The van der Waals surface area contributed by atoms with E-state index in [1.54, 1.807) is 0 Å². The number of carboxylic acids is 2. The first-order valence-electron chi connectivity index (χ1n) is 5.75. The Labute approximate surface area is 114 Å². The number of anilines is 1. The first kappa shape index (κ1) is 15.4. The summed E-state index contributed by atoms with van der Waals surface area (Å²) in [6.07, 6.45) is -0.977. The first-order valence-corrected chi connectivity index (χ1v) is 5.75. The van der Waals surface area contributed by atoms with Gasteiger partial charge in [-0.1, -0.05) is 0 Å². The Balaban J connectivity index is 2.60. The number of ketones is 1. The largest absolute Gasteiger partial charge is 0.481 e. The van der Waals surface area contributed by atoms with E-state index in [1.807, 2.05) is 0 Å². The van der Waals surface area contributed by atoms with Crippen molar-refractivity contribution in [2.45, 2.75) is 19.3 Å². The first-order chi connectivity index (χ1) is 9.38. The molecule has 0 aliphatic heterocycles. The highest BCUT2D eigenvalue weighted by Gasteiger charge is 2.10. The van der Waals surface area contributed by atoms with Crippen LogP contribution in [0.4, 0.5) is 5.69 Å². The lowest BCUT2D eigenvalue weighted by molar-refractivity contribution is -0.140. The van der Waals surface area contributed by atoms with Crippen LogP contribution in [0.25, 0.3) is 0 Å². The number of benzene rings is 1. The number of nitrogens with one attached hydrogen (secondary N) is 1. The molecule has 7 heteroatoms. The highest BCUT2D eigenvalue weighted by atomic mass is 16.4. The Hall–Kier alpha value is -2.70. The molecule has 1 aromatic carbocycles. The van der Waals surface area contributed by atoms with E-state index in [-0.39, 0.29) is 18.6 Å². The van der Waals surface area contributed by atoms with Crippen LogP contribution >= 0.6 is 0 Å². The second-order valence-corrected chi connectivity index (χ2v) is 4.01. The Bertz CT molecular complexity index is 534. The molecule has 7 nitrogen and oxygen atoms in total. The van der Waals surface area contributed by atoms with Crippen molar-refractivity contribution in [3.63, 3.8) is 0 Å². The van der Waals surface area contributed by atoms with E-state index in [4.69, 9.17) is 10.2 Å². The summed E-state index contributed by atoms with van der Waals surface area (Å²) in [5.41, 5.74) is 0.702. The fourth-order valence-electron chi connectivity index (χ4n) is 1.45. The molecule has 1 amide bonds. The number of hydrogen-bond acceptors (Lipinski definition) is 4. The Morgan fingerprint density at radius 2 is 1.50 bits per heavy atom. The highest BCUT2D eigenvalue weighted by Crippen LogP contribution is 2.12. The van der Waals surface area contributed by atoms with Crippen LogP contribution in [-0.4, -0.2) is 33.8 Å². The second kappa shape index (κ2) is 7.03. The van der Waals surface area contributed by atoms with Gasteiger partial charge in [-0.2, -0.15) is 0 Å². The van der Waals surface area contributed by atoms with E-state index in [2.05, 4.69) is 5.32 Å². The second-order valence-electron chi connectivity index (χ2n) is 4.01. The maximum atomic E-state index is 11.6. The van der Waals surface area contributed by atoms with Crippen LogP contribution in [0.2, 0.25) is 0 Å². The summed E-state index contributed by atoms with van der Waals surface area (Å²) in [5, 5.41) is 19.3. The van der Waals surface area contributed by atoms with Crippen LogP contribution in [0.3, 0.4) is 0 Å². The molecule has 0 aliphatic carbocycles. The fraction of sp³-hybridized carbons (Fsp3) is 0.231. The lowest BCUT2D eigenvalue weighted by Gasteiger charge is -2.04. The number of carboxylic acid groups (broad SMARTS) is 2. The van der Waals surface area contributed by atoms with Crippen LogP contribution in [-0.2, 0) is 14.4 Å². The predicted octanol–water partition coefficient (Wildman–Crippen LogP) is 1.15. The van der Waals surface area contributed by atoms with E-state index in [0.29, 0.717) is 11.3 Å². The van der Waals surface area contributed by atoms with Gasteiger partial charge in [-0.15, -0.1) is 0 Å². The summed E-state index contributed by atoms with van der Waals surface area (Å²) < 4.78 is 0. The third kappa shape index (κ3) is 5.30. The van der Waals surface area contributed by atoms with Crippen LogP contribution in [0.5, 0.6) is 0 Å². The number of carbonyl (C=O) groups is 4. The third-order valence-electron chi connectivity index (χ3n) is 2.37. The minimum absolute atomic E-state index is 0.0972. The van der Waals surface area contributed by atoms with Crippen molar-refractivity contribution in [1.82, 2.24) is 0 Å². The van der Waals surface area contributed by atoms with E-state index < -0.39 is 24.3 Å². The maximum absolute atomic E-state index is 11.6. The molecule has 0 aliphatic rings. The predicted molar refractivity (Wildman–Crippen MR) is 68.5 cm³/mol. The summed E-state index contributed by atoms with van der Waals surface area (Å²) >= 11 is 0. The molecule has 0 unspecified atom stereocenters. The molecule has 0 saturated heterocycles. The number of carbonyl (C=O) groups excluding carboxylic acids is 2. The van der Waals surface area contributed by atoms with Crippen LogP contribution < -0.4 is 5.32 Å². The van der Waals surface area contributed by atoms with Gasteiger partial charge in [0.2, 0.25) is 5.91 Å². The topological polar surface area (TPSA) is 121 Å². The van der Waals surface area contributed by atoms with Crippen molar-refractivity contribution >= 4 is 29.3 Å². The van der Waals surface area contributed by atoms with Gasteiger partial charge in [-0.25, -0.2) is 0 Å². The highest BCUT2D eigenvalue weighted by molar-refractivity contribution is 6.02. The van der Waals surface area contributed by atoms with Crippen molar-refractivity contribution in [2.24, 2.45) is 0 Å². The number of Topliss-reactive ketones (excluding diaryl/α,β-unsaturated/α-hetero) is 1. The average Bonchev–Trinajstić information content (AvgIpc) is 2.35. The zero-order chi connectivity index (χ0) is 15.1. The SMILES string of the molecule is O=C(O)CCC(=O)c1ccc(NC(=O)CC(=O)O)cc1. The molecule has 0 radical (unpaired) electrons. The molecular weight excluding hydrogens is 266 g/mol. The van der Waals surface area contributed by atoms with Crippen molar-refractivity contribution in [2.75, 3.05) is 5.32 Å². The Morgan fingerprint density at radius 3 is 2.00 bits per heavy atom. The van der Waals surface area contributed by atoms with E-state index in [0.717, 1.165) is 0 Å². The summed E-state index contributed by atoms with van der Waals surface area (Å²) in [4.78, 5) is 43.5. The molecule has 106 valence electrons. The molecule has 3 N–H and O–H groups in total. The molecule has 0 bridgehead atoms. The van der Waals surface area contributed by atoms with Gasteiger partial charge in [-0.3, -0.25) is 19.2 Å². The zero-order valence-corrected chi connectivity index (χ0v) is 10.5. The molecule has 0 atom stereocenters. The molecular formula is C13H13NO6. The van der Waals surface area contributed by atoms with Crippen molar-refractivity contribution in [3.8, 4) is 0 Å². The summed E-state index contributed by atoms with van der Waals surface area (Å²) in [6.45, 7) is 0. The lowest BCUT2D eigenvalue weighted by atomic mass is 10.1. The van der Waals surface area contributed by atoms with Gasteiger partial charge >= 0.3 is 11.9 Å². The van der Waals surface area contributed by atoms with Crippen LogP contribution in [0, 0.1) is 0 Å². The van der Waals surface area contributed by atoms with Gasteiger partial charge < -0.3 is 15.5 Å². The van der Waals surface area contributed by atoms with Gasteiger partial charge in [0.25, 0.3) is 0 Å². The van der Waals surface area contributed by atoms with E-state index >= 15 is 0 Å². The van der Waals surface area contributed by atoms with E-state index in [1.165, 1.54) is 24.3 Å². The smallest absolute Gasteiger partial charge is 0.312 e. The summed E-state index contributed by atoms with van der Waals surface area (Å²) in [6, 6.07) is 5.79. The summed E-state index contributed by atoms with van der Waals surface area (Å²) in [5.74, 6) is -3.25. The molecule has 0 fully saturated rings. The standard InChI is InChI=1S/C13H13NO6/c15-10(5-6-12(17)18)8-1-3-9(4-2-8)14-11(16)7-13(19)20/h1-4H,5-7H2,(H,14,16)(H,17,18)(H,19,20). The van der Waals surface area contributed by atoms with Crippen LogP contribution in [0.15, 0.2) is 24.3 Å². The van der Waals surface area contributed by atoms with Gasteiger partial charge in [0.1, 0.15) is 6.42 Å². The maximum Gasteiger partial charge on any atom is 0.312 e. The third-order valence-corrected chi connectivity index (χ3v) is 2.37. The van der Waals surface area contributed by atoms with Gasteiger partial charge in [-0.05, 0) is 24.3 Å². The number of amides is 1. The Morgan fingerprint density at radius 1 is 0.900 bits per heavy atom. The minimum atomic E-state index is -1.23. The fourth-order valence-corrected chi connectivity index (χ4v) is 1.45. The number of aliphatic carboxylic acids is 2. The lowest BCUT2D eigenvalue weighted by Crippen LogP contribution is -2.15. The Kier molecular flexibility index (Phi) is 5.40. The molecule has 0 heterocycles. The molecule has 20 heavy (non-hydrogen) atoms. The average molecular weight is 279 g/mol. The van der Waals surface area contributed by atoms with Gasteiger partial charge in [0.05, 0.1) is 6.42 Å². The molecule has 1 aromatic rings. The minimum Gasteiger partial charge on any atom is -0.481 e. The van der Waals surface area contributed by atoms with E-state index in [9.17, 15) is 19.2 Å². The van der Waals surface area contributed by atoms with Crippen molar-refractivity contribution in [3.05, 3.63) is 29.8 Å².